The molecule has 1 unspecified atom stereocenters. The van der Waals surface area contributed by atoms with Gasteiger partial charge in [-0.3, -0.25) is 0 Å². The lowest BCUT2D eigenvalue weighted by molar-refractivity contribution is 0.357. The van der Waals surface area contributed by atoms with Gasteiger partial charge in [0.1, 0.15) is 11.6 Å². The molecule has 1 N–H and O–H groups in total. The third-order valence-electron chi connectivity index (χ3n) is 3.74. The fraction of sp³-hybridized carbons (Fsp3) is 0.294. The van der Waals surface area contributed by atoms with Crippen molar-refractivity contribution in [2.45, 2.75) is 25.9 Å². The summed E-state index contributed by atoms with van der Waals surface area (Å²) in [6, 6.07) is 13.1. The number of hydrogen-bond acceptors (Lipinski definition) is 2. The molecule has 0 amide bonds. The van der Waals surface area contributed by atoms with Crippen molar-refractivity contribution >= 4 is 0 Å². The third-order valence-corrected chi connectivity index (χ3v) is 3.74. The summed E-state index contributed by atoms with van der Waals surface area (Å²) in [7, 11) is 0. The predicted molar refractivity (Wildman–Crippen MR) is 77.3 cm³/mol. The molecule has 1 aliphatic rings. The van der Waals surface area contributed by atoms with Gasteiger partial charge in [-0.15, -0.1) is 0 Å². The summed E-state index contributed by atoms with van der Waals surface area (Å²) >= 11 is 0. The van der Waals surface area contributed by atoms with Gasteiger partial charge >= 0.3 is 0 Å². The predicted octanol–water partition coefficient (Wildman–Crippen LogP) is 3.61. The Balaban J connectivity index is 1.66. The number of hydrogen-bond donors (Lipinski definition) is 1. The summed E-state index contributed by atoms with van der Waals surface area (Å²) in [4.78, 5) is 0. The van der Waals surface area contributed by atoms with E-state index in [1.807, 2.05) is 25.1 Å². The molecule has 20 heavy (non-hydrogen) atoms. The van der Waals surface area contributed by atoms with Crippen molar-refractivity contribution in [3.63, 3.8) is 0 Å². The van der Waals surface area contributed by atoms with Crippen LogP contribution in [-0.2, 0) is 13.0 Å². The molecular weight excluding hydrogens is 253 g/mol. The van der Waals surface area contributed by atoms with E-state index in [1.165, 1.54) is 17.2 Å². The van der Waals surface area contributed by atoms with E-state index in [-0.39, 0.29) is 11.9 Å². The second-order valence-electron chi connectivity index (χ2n) is 5.16. The summed E-state index contributed by atoms with van der Waals surface area (Å²) in [5, 5.41) is 3.37. The molecule has 0 saturated heterocycles. The van der Waals surface area contributed by atoms with E-state index in [2.05, 4.69) is 17.4 Å². The number of halogens is 1. The van der Waals surface area contributed by atoms with Gasteiger partial charge in [0.05, 0.1) is 6.61 Å². The van der Waals surface area contributed by atoms with Gasteiger partial charge in [-0.1, -0.05) is 30.3 Å². The average molecular weight is 271 g/mol. The second-order valence-corrected chi connectivity index (χ2v) is 5.16. The van der Waals surface area contributed by atoms with Crippen LogP contribution in [0.2, 0.25) is 0 Å². The topological polar surface area (TPSA) is 21.3 Å². The second kappa shape index (κ2) is 5.63. The largest absolute Gasteiger partial charge is 0.493 e. The Kier molecular flexibility index (Phi) is 3.70. The number of benzene rings is 2. The first-order valence-corrected chi connectivity index (χ1v) is 6.96. The van der Waals surface area contributed by atoms with Gasteiger partial charge in [0.2, 0.25) is 0 Å². The minimum atomic E-state index is -0.158. The summed E-state index contributed by atoms with van der Waals surface area (Å²) in [5.74, 6) is 0.839. The molecule has 3 heteroatoms. The molecule has 104 valence electrons. The number of rotatable bonds is 4. The van der Waals surface area contributed by atoms with E-state index in [0.717, 1.165) is 25.3 Å². The first-order valence-electron chi connectivity index (χ1n) is 6.96. The molecule has 0 radical (unpaired) electrons. The van der Waals surface area contributed by atoms with Crippen molar-refractivity contribution in [1.29, 1.82) is 0 Å². The average Bonchev–Trinajstić information content (AvgIpc) is 2.92. The van der Waals surface area contributed by atoms with E-state index in [0.29, 0.717) is 5.56 Å². The highest BCUT2D eigenvalue weighted by Crippen LogP contribution is 2.26. The maximum Gasteiger partial charge on any atom is 0.127 e. The lowest BCUT2D eigenvalue weighted by Gasteiger charge is -2.15. The van der Waals surface area contributed by atoms with Gasteiger partial charge < -0.3 is 10.1 Å². The van der Waals surface area contributed by atoms with Gasteiger partial charge in [-0.2, -0.15) is 0 Å². The summed E-state index contributed by atoms with van der Waals surface area (Å²) < 4.78 is 19.2. The maximum absolute atomic E-state index is 13.7. The fourth-order valence-electron chi connectivity index (χ4n) is 2.56. The molecule has 2 aromatic carbocycles. The SMILES string of the molecule is CC(NCc1ccc2c(c1)CCO2)c1ccccc1F. The molecule has 0 spiro atoms. The van der Waals surface area contributed by atoms with Gasteiger partial charge in [0, 0.05) is 24.6 Å². The van der Waals surface area contributed by atoms with Crippen LogP contribution < -0.4 is 10.1 Å². The van der Waals surface area contributed by atoms with Crippen LogP contribution in [0.15, 0.2) is 42.5 Å². The Hall–Kier alpha value is -1.87. The van der Waals surface area contributed by atoms with Crippen LogP contribution in [0.4, 0.5) is 4.39 Å². The minimum Gasteiger partial charge on any atom is -0.493 e. The van der Waals surface area contributed by atoms with Crippen LogP contribution in [0.25, 0.3) is 0 Å². The molecule has 2 aromatic rings. The highest BCUT2D eigenvalue weighted by molar-refractivity contribution is 5.39. The van der Waals surface area contributed by atoms with E-state index >= 15 is 0 Å². The van der Waals surface area contributed by atoms with Crippen molar-refractivity contribution < 1.29 is 9.13 Å². The van der Waals surface area contributed by atoms with Gasteiger partial charge in [-0.05, 0) is 30.2 Å². The fourth-order valence-corrected chi connectivity index (χ4v) is 2.56. The zero-order valence-corrected chi connectivity index (χ0v) is 11.5. The standard InChI is InChI=1S/C17H18FNO/c1-12(15-4-2-3-5-16(15)18)19-11-13-6-7-17-14(10-13)8-9-20-17/h2-7,10,12,19H,8-9,11H2,1H3. The molecule has 0 aliphatic carbocycles. The molecule has 2 nitrogen and oxygen atoms in total. The zero-order chi connectivity index (χ0) is 13.9. The van der Waals surface area contributed by atoms with E-state index in [4.69, 9.17) is 4.74 Å². The van der Waals surface area contributed by atoms with Crippen LogP contribution in [-0.4, -0.2) is 6.61 Å². The Morgan fingerprint density at radius 1 is 1.25 bits per heavy atom. The van der Waals surface area contributed by atoms with Crippen molar-refractivity contribution in [2.75, 3.05) is 6.61 Å². The molecule has 0 bridgehead atoms. The van der Waals surface area contributed by atoms with Crippen LogP contribution >= 0.6 is 0 Å². The maximum atomic E-state index is 13.7. The summed E-state index contributed by atoms with van der Waals surface area (Å²) in [5.41, 5.74) is 3.18. The molecule has 0 fully saturated rings. The highest BCUT2D eigenvalue weighted by Gasteiger charge is 2.13. The first kappa shape index (κ1) is 13.1. The summed E-state index contributed by atoms with van der Waals surface area (Å²) in [6.45, 7) is 3.48. The van der Waals surface area contributed by atoms with Gasteiger partial charge in [0.15, 0.2) is 0 Å². The quantitative estimate of drug-likeness (QED) is 0.917. The first-order chi connectivity index (χ1) is 9.74. The minimum absolute atomic E-state index is 0.0132. The lowest BCUT2D eigenvalue weighted by Crippen LogP contribution is -2.19. The lowest BCUT2D eigenvalue weighted by atomic mass is 10.1. The molecule has 0 aromatic heterocycles. The van der Waals surface area contributed by atoms with Crippen molar-refractivity contribution in [2.24, 2.45) is 0 Å². The molecule has 1 atom stereocenters. The Morgan fingerprint density at radius 3 is 2.95 bits per heavy atom. The van der Waals surface area contributed by atoms with Crippen molar-refractivity contribution in [3.05, 3.63) is 65.0 Å². The number of ether oxygens (including phenoxy) is 1. The molecule has 0 saturated carbocycles. The summed E-state index contributed by atoms with van der Waals surface area (Å²) in [6.07, 6.45) is 0.978. The molecule has 1 heterocycles. The smallest absolute Gasteiger partial charge is 0.127 e. The normalized spacial score (nSPS) is 14.7. The zero-order valence-electron chi connectivity index (χ0n) is 11.5. The van der Waals surface area contributed by atoms with Gasteiger partial charge in [-0.25, -0.2) is 4.39 Å². The van der Waals surface area contributed by atoms with E-state index < -0.39 is 0 Å². The highest BCUT2D eigenvalue weighted by atomic mass is 19.1. The third kappa shape index (κ3) is 2.68. The van der Waals surface area contributed by atoms with Crippen LogP contribution in [0.3, 0.4) is 0 Å². The van der Waals surface area contributed by atoms with Crippen LogP contribution in [0.5, 0.6) is 5.75 Å². The Morgan fingerprint density at radius 2 is 2.10 bits per heavy atom. The Labute approximate surface area is 118 Å². The molecular formula is C17H18FNO. The van der Waals surface area contributed by atoms with E-state index in [1.54, 1.807) is 6.07 Å². The molecule has 3 rings (SSSR count). The number of fused-ring (bicyclic) bond motifs is 1. The van der Waals surface area contributed by atoms with Crippen LogP contribution in [0, 0.1) is 5.82 Å². The molecule has 1 aliphatic heterocycles. The Bertz CT molecular complexity index is 612. The van der Waals surface area contributed by atoms with Crippen molar-refractivity contribution in [3.8, 4) is 5.75 Å². The van der Waals surface area contributed by atoms with Crippen LogP contribution in [0.1, 0.15) is 29.7 Å². The number of nitrogens with one attached hydrogen (secondary N) is 1. The van der Waals surface area contributed by atoms with Gasteiger partial charge in [0.25, 0.3) is 0 Å². The van der Waals surface area contributed by atoms with E-state index in [9.17, 15) is 4.39 Å². The van der Waals surface area contributed by atoms with Crippen molar-refractivity contribution in [1.82, 2.24) is 5.32 Å². The monoisotopic (exact) mass is 271 g/mol.